The molecule has 0 saturated heterocycles. The molecule has 4 nitrogen and oxygen atoms in total. The fourth-order valence-corrected chi connectivity index (χ4v) is 3.88. The number of rotatable bonds is 12. The van der Waals surface area contributed by atoms with E-state index in [0.717, 1.165) is 61.1 Å². The number of nitrogens with zero attached hydrogens (tertiary/aromatic N) is 1. The van der Waals surface area contributed by atoms with Crippen LogP contribution in [0.25, 0.3) is 0 Å². The van der Waals surface area contributed by atoms with Crippen LogP contribution >= 0.6 is 47.2 Å². The zero-order valence-electron chi connectivity index (χ0n) is 19.2. The molecule has 0 atom stereocenters. The highest BCUT2D eigenvalue weighted by atomic mass is 127. The molecule has 0 unspecified atom stereocenters. The lowest BCUT2D eigenvalue weighted by molar-refractivity contribution is 0.248. The zero-order valence-corrected chi connectivity index (χ0v) is 23.0. The van der Waals surface area contributed by atoms with Gasteiger partial charge in [0.2, 0.25) is 0 Å². The van der Waals surface area contributed by atoms with E-state index < -0.39 is 0 Å². The fourth-order valence-electron chi connectivity index (χ4n) is 3.63. The van der Waals surface area contributed by atoms with Gasteiger partial charge in [0.25, 0.3) is 0 Å². The van der Waals surface area contributed by atoms with Gasteiger partial charge in [-0.05, 0) is 86.3 Å². The Morgan fingerprint density at radius 3 is 1.88 bits per heavy atom. The summed E-state index contributed by atoms with van der Waals surface area (Å²) in [4.78, 5) is 14.6. The summed E-state index contributed by atoms with van der Waals surface area (Å²) in [5.41, 5.74) is 3.38. The van der Waals surface area contributed by atoms with Crippen LogP contribution in [0, 0.1) is 0 Å². The molecule has 0 aliphatic rings. The first-order valence-corrected chi connectivity index (χ1v) is 12.2. The van der Waals surface area contributed by atoms with Crippen molar-refractivity contribution in [3.8, 4) is 0 Å². The van der Waals surface area contributed by atoms with Gasteiger partial charge in [-0.25, -0.2) is 4.79 Å². The summed E-state index contributed by atoms with van der Waals surface area (Å²) in [5, 5.41) is 7.34. The van der Waals surface area contributed by atoms with E-state index in [1.54, 1.807) is 0 Å². The fraction of sp³-hybridized carbons (Fsp3) is 0.296. The summed E-state index contributed by atoms with van der Waals surface area (Å²) in [7, 11) is 0. The topological polar surface area (TPSA) is 44.4 Å². The molecule has 3 aromatic carbocycles. The number of aryl methyl sites for hydroxylation is 1. The summed E-state index contributed by atoms with van der Waals surface area (Å²) in [6.07, 6.45) is 3.96. The van der Waals surface area contributed by atoms with E-state index in [9.17, 15) is 4.79 Å². The third-order valence-electron chi connectivity index (χ3n) is 5.45. The number of carbonyl (C=O) groups excluding carboxylic acids is 1. The SMILES string of the molecule is I.O=C(NCCCN(CCCc1ccc(Cl)cc1)CCc1ccc(Cl)cc1)Nc1ccccc1. The molecule has 0 radical (unpaired) electrons. The molecule has 0 saturated carbocycles. The van der Waals surface area contributed by atoms with Crippen molar-refractivity contribution in [2.75, 3.05) is 31.5 Å². The van der Waals surface area contributed by atoms with E-state index in [1.165, 1.54) is 11.1 Å². The summed E-state index contributed by atoms with van der Waals surface area (Å²) >= 11 is 12.0. The Hall–Kier alpha value is -1.80. The van der Waals surface area contributed by atoms with Gasteiger partial charge < -0.3 is 15.5 Å². The normalized spacial score (nSPS) is 10.6. The van der Waals surface area contributed by atoms with Gasteiger partial charge in [-0.3, -0.25) is 0 Å². The molecule has 0 fully saturated rings. The van der Waals surface area contributed by atoms with Gasteiger partial charge in [0.05, 0.1) is 0 Å². The molecule has 34 heavy (non-hydrogen) atoms. The number of anilines is 1. The second-order valence-electron chi connectivity index (χ2n) is 8.05. The van der Waals surface area contributed by atoms with Crippen molar-refractivity contribution in [1.82, 2.24) is 10.2 Å². The third kappa shape index (κ3) is 11.1. The summed E-state index contributed by atoms with van der Waals surface area (Å²) in [6.45, 7) is 3.54. The van der Waals surface area contributed by atoms with E-state index in [2.05, 4.69) is 39.8 Å². The van der Waals surface area contributed by atoms with Crippen LogP contribution in [0.5, 0.6) is 0 Å². The molecule has 0 spiro atoms. The Labute approximate surface area is 230 Å². The molecule has 182 valence electrons. The van der Waals surface area contributed by atoms with Crippen LogP contribution in [0.1, 0.15) is 24.0 Å². The lowest BCUT2D eigenvalue weighted by atomic mass is 10.1. The Kier molecular flexibility index (Phi) is 13.4. The van der Waals surface area contributed by atoms with E-state index in [1.807, 2.05) is 54.6 Å². The monoisotopic (exact) mass is 611 g/mol. The number of benzene rings is 3. The summed E-state index contributed by atoms with van der Waals surface area (Å²) in [5.74, 6) is 0. The maximum atomic E-state index is 12.1. The maximum absolute atomic E-state index is 12.1. The first-order valence-electron chi connectivity index (χ1n) is 11.4. The highest BCUT2D eigenvalue weighted by Crippen LogP contribution is 2.13. The van der Waals surface area contributed by atoms with Crippen molar-refractivity contribution < 1.29 is 4.79 Å². The molecular formula is C27H32Cl2IN3O. The van der Waals surface area contributed by atoms with Crippen molar-refractivity contribution in [2.45, 2.75) is 25.7 Å². The van der Waals surface area contributed by atoms with Crippen LogP contribution in [0.3, 0.4) is 0 Å². The van der Waals surface area contributed by atoms with Crippen LogP contribution < -0.4 is 10.6 Å². The van der Waals surface area contributed by atoms with Crippen molar-refractivity contribution >= 4 is 58.9 Å². The lowest BCUT2D eigenvalue weighted by Crippen LogP contribution is -2.34. The van der Waals surface area contributed by atoms with Crippen molar-refractivity contribution in [3.63, 3.8) is 0 Å². The third-order valence-corrected chi connectivity index (χ3v) is 5.96. The van der Waals surface area contributed by atoms with E-state index in [0.29, 0.717) is 6.54 Å². The largest absolute Gasteiger partial charge is 0.338 e. The van der Waals surface area contributed by atoms with E-state index in [4.69, 9.17) is 23.2 Å². The molecule has 7 heteroatoms. The average molecular weight is 612 g/mol. The van der Waals surface area contributed by atoms with Crippen LogP contribution in [-0.4, -0.2) is 37.1 Å². The molecule has 0 aliphatic carbocycles. The molecular weight excluding hydrogens is 580 g/mol. The van der Waals surface area contributed by atoms with Crippen molar-refractivity contribution in [1.29, 1.82) is 0 Å². The molecule has 3 aromatic rings. The first kappa shape index (κ1) is 28.4. The van der Waals surface area contributed by atoms with Gasteiger partial charge in [-0.15, -0.1) is 24.0 Å². The summed E-state index contributed by atoms with van der Waals surface area (Å²) < 4.78 is 0. The molecule has 2 amide bonds. The average Bonchev–Trinajstić information content (AvgIpc) is 2.82. The summed E-state index contributed by atoms with van der Waals surface area (Å²) in [6, 6.07) is 25.4. The Bertz CT molecular complexity index is 969. The number of nitrogens with one attached hydrogen (secondary N) is 2. The minimum absolute atomic E-state index is 0. The van der Waals surface area contributed by atoms with E-state index in [-0.39, 0.29) is 30.0 Å². The number of halogens is 3. The van der Waals surface area contributed by atoms with Crippen LogP contribution in [0.4, 0.5) is 10.5 Å². The van der Waals surface area contributed by atoms with Gasteiger partial charge >= 0.3 is 6.03 Å². The number of para-hydroxylation sites is 1. The predicted octanol–water partition coefficient (Wildman–Crippen LogP) is 7.30. The zero-order chi connectivity index (χ0) is 23.3. The van der Waals surface area contributed by atoms with Gasteiger partial charge in [-0.1, -0.05) is 65.7 Å². The van der Waals surface area contributed by atoms with Crippen LogP contribution in [0.15, 0.2) is 78.9 Å². The van der Waals surface area contributed by atoms with Gasteiger partial charge in [0.1, 0.15) is 0 Å². The Morgan fingerprint density at radius 1 is 0.706 bits per heavy atom. The second kappa shape index (κ2) is 16.0. The number of carbonyl (C=O) groups is 1. The van der Waals surface area contributed by atoms with Crippen LogP contribution in [-0.2, 0) is 12.8 Å². The number of hydrogen-bond acceptors (Lipinski definition) is 2. The van der Waals surface area contributed by atoms with Gasteiger partial charge in [0, 0.05) is 28.8 Å². The molecule has 2 N–H and O–H groups in total. The quantitative estimate of drug-likeness (QED) is 0.167. The highest BCUT2D eigenvalue weighted by molar-refractivity contribution is 14.0. The molecule has 0 aromatic heterocycles. The smallest absolute Gasteiger partial charge is 0.319 e. The number of urea groups is 1. The number of amides is 2. The Balaban J connectivity index is 0.00000408. The maximum Gasteiger partial charge on any atom is 0.319 e. The Morgan fingerprint density at radius 2 is 1.26 bits per heavy atom. The standard InChI is InChI=1S/C27H31Cl2N3O.HI/c28-24-13-9-22(10-14-24)6-4-19-32(21-17-23-11-15-25(29)16-12-23)20-5-18-30-27(33)31-26-7-2-1-3-8-26;/h1-3,7-16H,4-6,17-21H2,(H2,30,31,33);1H. The minimum Gasteiger partial charge on any atom is -0.338 e. The van der Waals surface area contributed by atoms with E-state index >= 15 is 0 Å². The first-order chi connectivity index (χ1) is 16.1. The van der Waals surface area contributed by atoms with Crippen molar-refractivity contribution in [3.05, 3.63) is 100 Å². The predicted molar refractivity (Wildman–Crippen MR) is 155 cm³/mol. The van der Waals surface area contributed by atoms with Crippen molar-refractivity contribution in [2.24, 2.45) is 0 Å². The van der Waals surface area contributed by atoms with Gasteiger partial charge in [-0.2, -0.15) is 0 Å². The molecule has 0 bridgehead atoms. The number of hydrogen-bond donors (Lipinski definition) is 2. The molecule has 0 heterocycles. The lowest BCUT2D eigenvalue weighted by Gasteiger charge is -2.22. The minimum atomic E-state index is -0.170. The highest BCUT2D eigenvalue weighted by Gasteiger charge is 2.07. The van der Waals surface area contributed by atoms with Gasteiger partial charge in [0.15, 0.2) is 0 Å². The molecule has 3 rings (SSSR count). The second-order valence-corrected chi connectivity index (χ2v) is 8.92. The van der Waals surface area contributed by atoms with Crippen LogP contribution in [0.2, 0.25) is 10.0 Å². The molecule has 0 aliphatic heterocycles.